The topological polar surface area (TPSA) is 104 Å². The Hall–Kier alpha value is -4.08. The van der Waals surface area contributed by atoms with E-state index in [1.54, 1.807) is 36.3 Å². The van der Waals surface area contributed by atoms with Crippen LogP contribution < -0.4 is 10.9 Å². The van der Waals surface area contributed by atoms with E-state index in [1.165, 1.54) is 12.1 Å². The summed E-state index contributed by atoms with van der Waals surface area (Å²) >= 11 is 11.8. The minimum Gasteiger partial charge on any atom is -0.364 e. The van der Waals surface area contributed by atoms with Gasteiger partial charge in [0, 0.05) is 47.1 Å². The molecule has 0 spiro atoms. The molecular weight excluding hydrogens is 498 g/mol. The zero-order valence-electron chi connectivity index (χ0n) is 19.1. The maximum atomic E-state index is 13.5. The first-order valence-corrected chi connectivity index (χ1v) is 11.9. The molecule has 10 heteroatoms. The van der Waals surface area contributed by atoms with E-state index in [9.17, 15) is 14.9 Å². The third-order valence-corrected chi connectivity index (χ3v) is 6.75. The van der Waals surface area contributed by atoms with Crippen LogP contribution in [0.5, 0.6) is 0 Å². The SMILES string of the molecule is CNC(=S)N1N=C(c2c(-c3ccccc3)c3cc(Cl)ccc3[nH]c2=O)CC1c1cccc([N+](=O)[O-])c1. The monoisotopic (exact) mass is 517 g/mol. The van der Waals surface area contributed by atoms with Gasteiger partial charge in [-0.2, -0.15) is 5.10 Å². The molecule has 1 aliphatic heterocycles. The van der Waals surface area contributed by atoms with E-state index < -0.39 is 11.0 Å². The first-order valence-electron chi connectivity index (χ1n) is 11.1. The van der Waals surface area contributed by atoms with Gasteiger partial charge in [-0.05, 0) is 41.5 Å². The first-order chi connectivity index (χ1) is 17.4. The van der Waals surface area contributed by atoms with Gasteiger partial charge >= 0.3 is 0 Å². The molecule has 36 heavy (non-hydrogen) atoms. The summed E-state index contributed by atoms with van der Waals surface area (Å²) in [6.45, 7) is 0. The summed E-state index contributed by atoms with van der Waals surface area (Å²) in [4.78, 5) is 27.4. The number of hydrazone groups is 1. The van der Waals surface area contributed by atoms with Crippen LogP contribution in [0.3, 0.4) is 0 Å². The van der Waals surface area contributed by atoms with Gasteiger partial charge in [0.1, 0.15) is 0 Å². The van der Waals surface area contributed by atoms with Gasteiger partial charge in [-0.3, -0.25) is 14.9 Å². The van der Waals surface area contributed by atoms with Crippen molar-refractivity contribution >= 4 is 51.2 Å². The first kappa shape index (κ1) is 23.7. The third-order valence-electron chi connectivity index (χ3n) is 6.13. The average molecular weight is 518 g/mol. The molecule has 5 rings (SSSR count). The quantitative estimate of drug-likeness (QED) is 0.213. The van der Waals surface area contributed by atoms with Crippen LogP contribution >= 0.6 is 23.8 Å². The van der Waals surface area contributed by atoms with Gasteiger partial charge in [0.25, 0.3) is 11.2 Å². The molecule has 0 fully saturated rings. The smallest absolute Gasteiger partial charge is 0.269 e. The number of non-ortho nitro benzene ring substituents is 1. The Morgan fingerprint density at radius 2 is 1.92 bits per heavy atom. The lowest BCUT2D eigenvalue weighted by molar-refractivity contribution is -0.384. The van der Waals surface area contributed by atoms with Gasteiger partial charge in [0.2, 0.25) is 0 Å². The van der Waals surface area contributed by atoms with E-state index in [0.29, 0.717) is 44.5 Å². The van der Waals surface area contributed by atoms with E-state index in [2.05, 4.69) is 10.3 Å². The molecule has 0 radical (unpaired) electrons. The van der Waals surface area contributed by atoms with E-state index >= 15 is 0 Å². The Balaban J connectivity index is 1.73. The molecule has 2 N–H and O–H groups in total. The highest BCUT2D eigenvalue weighted by Crippen LogP contribution is 2.38. The molecule has 0 saturated carbocycles. The van der Waals surface area contributed by atoms with Crippen LogP contribution in [-0.2, 0) is 0 Å². The van der Waals surface area contributed by atoms with Crippen LogP contribution in [0.2, 0.25) is 5.02 Å². The van der Waals surface area contributed by atoms with E-state index in [1.807, 2.05) is 36.4 Å². The highest BCUT2D eigenvalue weighted by Gasteiger charge is 2.34. The van der Waals surface area contributed by atoms with E-state index in [4.69, 9.17) is 28.9 Å². The highest BCUT2D eigenvalue weighted by atomic mass is 35.5. The predicted octanol–water partition coefficient (Wildman–Crippen LogP) is 5.41. The molecule has 0 saturated heterocycles. The molecule has 2 heterocycles. The molecule has 3 aromatic carbocycles. The highest BCUT2D eigenvalue weighted by molar-refractivity contribution is 7.80. The van der Waals surface area contributed by atoms with Crippen molar-refractivity contribution in [2.75, 3.05) is 7.05 Å². The second-order valence-electron chi connectivity index (χ2n) is 8.28. The Kier molecular flexibility index (Phi) is 6.26. The number of hydrogen-bond acceptors (Lipinski definition) is 5. The van der Waals surface area contributed by atoms with E-state index in [0.717, 1.165) is 10.9 Å². The lowest BCUT2D eigenvalue weighted by Crippen LogP contribution is -2.34. The molecule has 180 valence electrons. The van der Waals surface area contributed by atoms with Crippen molar-refractivity contribution in [2.24, 2.45) is 5.10 Å². The number of nitro groups is 1. The Morgan fingerprint density at radius 3 is 2.64 bits per heavy atom. The number of nitrogens with zero attached hydrogens (tertiary/aromatic N) is 3. The maximum Gasteiger partial charge on any atom is 0.269 e. The molecule has 1 unspecified atom stereocenters. The molecule has 1 aromatic heterocycles. The minimum absolute atomic E-state index is 0.0283. The Labute approximate surface area is 216 Å². The number of nitrogens with one attached hydrogen (secondary N) is 2. The summed E-state index contributed by atoms with van der Waals surface area (Å²) in [5, 5.41) is 22.3. The second kappa shape index (κ2) is 9.52. The number of aromatic nitrogens is 1. The number of thiocarbonyl (C=S) groups is 1. The number of rotatable bonds is 4. The van der Waals surface area contributed by atoms with Gasteiger partial charge in [-0.25, -0.2) is 5.01 Å². The number of benzene rings is 3. The predicted molar refractivity (Wildman–Crippen MR) is 146 cm³/mol. The molecule has 0 bridgehead atoms. The second-order valence-corrected chi connectivity index (χ2v) is 9.10. The average Bonchev–Trinajstić information content (AvgIpc) is 3.33. The Bertz CT molecular complexity index is 1600. The van der Waals surface area contributed by atoms with Gasteiger partial charge in [-0.15, -0.1) is 0 Å². The van der Waals surface area contributed by atoms with Crippen molar-refractivity contribution in [1.29, 1.82) is 0 Å². The molecular formula is C26H20ClN5O3S. The van der Waals surface area contributed by atoms with Crippen molar-refractivity contribution in [3.8, 4) is 11.1 Å². The normalized spacial score (nSPS) is 15.1. The van der Waals surface area contributed by atoms with Crippen LogP contribution in [0.1, 0.15) is 23.6 Å². The number of H-pyrrole nitrogens is 1. The number of halogens is 1. The lowest BCUT2D eigenvalue weighted by Gasteiger charge is -2.23. The van der Waals surface area contributed by atoms with Crippen LogP contribution in [0.4, 0.5) is 5.69 Å². The zero-order chi connectivity index (χ0) is 25.4. The maximum absolute atomic E-state index is 13.5. The number of aromatic amines is 1. The molecule has 4 aromatic rings. The lowest BCUT2D eigenvalue weighted by atomic mass is 9.91. The number of pyridine rings is 1. The van der Waals surface area contributed by atoms with E-state index in [-0.39, 0.29) is 11.2 Å². The fraction of sp³-hybridized carbons (Fsp3) is 0.115. The fourth-order valence-electron chi connectivity index (χ4n) is 4.51. The fourth-order valence-corrected chi connectivity index (χ4v) is 4.85. The number of hydrogen-bond donors (Lipinski definition) is 2. The summed E-state index contributed by atoms with van der Waals surface area (Å²) in [7, 11) is 1.68. The largest absolute Gasteiger partial charge is 0.364 e. The van der Waals surface area contributed by atoms with Crippen LogP contribution in [0.15, 0.2) is 82.7 Å². The summed E-state index contributed by atoms with van der Waals surface area (Å²) in [6.07, 6.45) is 0.317. The molecule has 8 nitrogen and oxygen atoms in total. The van der Waals surface area contributed by atoms with Crippen LogP contribution in [0.25, 0.3) is 22.0 Å². The molecule has 1 atom stereocenters. The molecule has 0 amide bonds. The summed E-state index contributed by atoms with van der Waals surface area (Å²) < 4.78 is 0. The van der Waals surface area contributed by atoms with Gasteiger partial charge in [0.15, 0.2) is 5.11 Å². The summed E-state index contributed by atoms with van der Waals surface area (Å²) in [5.41, 5.74) is 3.49. The van der Waals surface area contributed by atoms with Gasteiger partial charge < -0.3 is 10.3 Å². The molecule has 0 aliphatic carbocycles. The van der Waals surface area contributed by atoms with Crippen molar-refractivity contribution in [1.82, 2.24) is 15.3 Å². The van der Waals surface area contributed by atoms with Crippen molar-refractivity contribution in [3.05, 3.63) is 109 Å². The third kappa shape index (κ3) is 4.23. The minimum atomic E-state index is -0.438. The Morgan fingerprint density at radius 1 is 1.14 bits per heavy atom. The molecule has 1 aliphatic rings. The van der Waals surface area contributed by atoms with Gasteiger partial charge in [0.05, 0.1) is 22.2 Å². The van der Waals surface area contributed by atoms with Crippen molar-refractivity contribution < 1.29 is 4.92 Å². The van der Waals surface area contributed by atoms with Crippen LogP contribution in [-0.4, -0.2) is 32.8 Å². The number of nitro benzene ring substituents is 1. The zero-order valence-corrected chi connectivity index (χ0v) is 20.6. The van der Waals surface area contributed by atoms with Gasteiger partial charge in [-0.1, -0.05) is 54.1 Å². The van der Waals surface area contributed by atoms with Crippen LogP contribution in [0, 0.1) is 10.1 Å². The van der Waals surface area contributed by atoms with Crippen molar-refractivity contribution in [2.45, 2.75) is 12.5 Å². The number of fused-ring (bicyclic) bond motifs is 1. The van der Waals surface area contributed by atoms with Crippen molar-refractivity contribution in [3.63, 3.8) is 0 Å². The standard InChI is InChI=1S/C26H20ClN5O3S/c1-28-26(36)31-22(16-8-5-9-18(12-16)32(34)35)14-21(30-31)24-23(15-6-3-2-4-7-15)19-13-17(27)10-11-20(19)29-25(24)33/h2-13,22H,14H2,1H3,(H,28,36)(H,29,33). The summed E-state index contributed by atoms with van der Waals surface area (Å²) in [5.74, 6) is 0. The summed E-state index contributed by atoms with van der Waals surface area (Å²) in [6, 6.07) is 20.9.